The van der Waals surface area contributed by atoms with Crippen LogP contribution in [0.2, 0.25) is 0 Å². The first-order chi connectivity index (χ1) is 4.09. The standard InChI is InChI=1S/C4H9FN2O2/c1-3(5)4(6-2)7(8)9/h3-4,6H,1-2H3/t3-,4?/m1/s1. The molecule has 0 amide bonds. The predicted molar refractivity (Wildman–Crippen MR) is 30.4 cm³/mol. The Hall–Kier alpha value is -0.710. The van der Waals surface area contributed by atoms with Crippen molar-refractivity contribution >= 4 is 0 Å². The lowest BCUT2D eigenvalue weighted by atomic mass is 10.3. The Bertz CT molecular complexity index is 107. The molecule has 0 fully saturated rings. The molecule has 0 saturated heterocycles. The lowest BCUT2D eigenvalue weighted by Gasteiger charge is -2.07. The fourth-order valence-electron chi connectivity index (χ4n) is 0.503. The number of hydrogen-bond donors (Lipinski definition) is 1. The van der Waals surface area contributed by atoms with E-state index in [4.69, 9.17) is 0 Å². The van der Waals surface area contributed by atoms with Crippen LogP contribution in [0.3, 0.4) is 0 Å². The molecule has 0 aromatic carbocycles. The molecule has 9 heavy (non-hydrogen) atoms. The third kappa shape index (κ3) is 2.36. The average molecular weight is 136 g/mol. The van der Waals surface area contributed by atoms with Gasteiger partial charge in [-0.05, 0) is 14.0 Å². The van der Waals surface area contributed by atoms with Gasteiger partial charge in [0, 0.05) is 4.92 Å². The molecule has 0 aromatic rings. The van der Waals surface area contributed by atoms with Crippen LogP contribution in [-0.2, 0) is 0 Å². The predicted octanol–water partition coefficient (Wildman–Crippen LogP) is 0.167. The largest absolute Gasteiger partial charge is 0.296 e. The van der Waals surface area contributed by atoms with Crippen LogP contribution in [0.25, 0.3) is 0 Å². The summed E-state index contributed by atoms with van der Waals surface area (Å²) in [6, 6.07) is 0. The van der Waals surface area contributed by atoms with Crippen molar-refractivity contribution in [3.05, 3.63) is 10.1 Å². The van der Waals surface area contributed by atoms with Crippen LogP contribution in [0.5, 0.6) is 0 Å². The Morgan fingerprint density at radius 3 is 2.22 bits per heavy atom. The van der Waals surface area contributed by atoms with E-state index in [1.54, 1.807) is 0 Å². The fourth-order valence-corrected chi connectivity index (χ4v) is 0.503. The number of nitrogens with zero attached hydrogens (tertiary/aromatic N) is 1. The molecule has 1 N–H and O–H groups in total. The van der Waals surface area contributed by atoms with E-state index in [9.17, 15) is 14.5 Å². The maximum absolute atomic E-state index is 12.1. The van der Waals surface area contributed by atoms with Crippen molar-refractivity contribution in [2.24, 2.45) is 0 Å². The average Bonchev–Trinajstić information content (AvgIpc) is 1.64. The first kappa shape index (κ1) is 8.29. The lowest BCUT2D eigenvalue weighted by Crippen LogP contribution is -2.40. The molecule has 0 aliphatic carbocycles. The second kappa shape index (κ2) is 3.34. The molecule has 2 atom stereocenters. The summed E-state index contributed by atoms with van der Waals surface area (Å²) in [6.45, 7) is 1.14. The van der Waals surface area contributed by atoms with E-state index in [2.05, 4.69) is 5.32 Å². The highest BCUT2D eigenvalue weighted by atomic mass is 19.1. The van der Waals surface area contributed by atoms with Crippen molar-refractivity contribution in [1.82, 2.24) is 5.32 Å². The molecular formula is C4H9FN2O2. The van der Waals surface area contributed by atoms with Gasteiger partial charge in [-0.1, -0.05) is 0 Å². The van der Waals surface area contributed by atoms with Gasteiger partial charge in [-0.3, -0.25) is 15.4 Å². The van der Waals surface area contributed by atoms with Gasteiger partial charge in [0.2, 0.25) is 0 Å². The molecule has 0 bridgehead atoms. The number of hydrogen-bond acceptors (Lipinski definition) is 3. The summed E-state index contributed by atoms with van der Waals surface area (Å²) < 4.78 is 12.1. The van der Waals surface area contributed by atoms with Crippen LogP contribution >= 0.6 is 0 Å². The summed E-state index contributed by atoms with van der Waals surface area (Å²) in [7, 11) is 1.35. The first-order valence-electron chi connectivity index (χ1n) is 2.54. The maximum Gasteiger partial charge on any atom is 0.296 e. The normalized spacial score (nSPS) is 16.8. The third-order valence-corrected chi connectivity index (χ3v) is 0.958. The Labute approximate surface area is 52.2 Å². The summed E-state index contributed by atoms with van der Waals surface area (Å²) in [4.78, 5) is 9.19. The Morgan fingerprint density at radius 2 is 2.22 bits per heavy atom. The summed E-state index contributed by atoms with van der Waals surface area (Å²) in [6.07, 6.45) is -2.73. The Kier molecular flexibility index (Phi) is 3.08. The minimum Gasteiger partial charge on any atom is -0.263 e. The highest BCUT2D eigenvalue weighted by molar-refractivity contribution is 4.56. The second-order valence-corrected chi connectivity index (χ2v) is 1.70. The molecule has 0 saturated carbocycles. The zero-order valence-corrected chi connectivity index (χ0v) is 5.30. The minimum absolute atomic E-state index is 0.690. The molecule has 0 aromatic heterocycles. The number of halogens is 1. The minimum atomic E-state index is -1.45. The van der Waals surface area contributed by atoms with Crippen molar-refractivity contribution in [2.45, 2.75) is 19.3 Å². The van der Waals surface area contributed by atoms with E-state index >= 15 is 0 Å². The molecule has 54 valence electrons. The van der Waals surface area contributed by atoms with E-state index in [1.807, 2.05) is 0 Å². The van der Waals surface area contributed by atoms with Gasteiger partial charge >= 0.3 is 0 Å². The second-order valence-electron chi connectivity index (χ2n) is 1.70. The van der Waals surface area contributed by atoms with E-state index in [0.717, 1.165) is 6.92 Å². The van der Waals surface area contributed by atoms with E-state index in [0.29, 0.717) is 0 Å². The summed E-state index contributed by atoms with van der Waals surface area (Å²) in [5, 5.41) is 12.1. The van der Waals surface area contributed by atoms with Crippen molar-refractivity contribution in [3.63, 3.8) is 0 Å². The monoisotopic (exact) mass is 136 g/mol. The van der Waals surface area contributed by atoms with Crippen LogP contribution < -0.4 is 5.32 Å². The Balaban J connectivity index is 3.83. The third-order valence-electron chi connectivity index (χ3n) is 0.958. The van der Waals surface area contributed by atoms with Gasteiger partial charge in [-0.2, -0.15) is 0 Å². The van der Waals surface area contributed by atoms with Crippen LogP contribution in [0.15, 0.2) is 0 Å². The number of nitrogens with one attached hydrogen (secondary N) is 1. The molecule has 0 aliphatic heterocycles. The number of alkyl halides is 1. The van der Waals surface area contributed by atoms with Crippen molar-refractivity contribution in [3.8, 4) is 0 Å². The molecule has 0 heterocycles. The number of rotatable bonds is 3. The van der Waals surface area contributed by atoms with Crippen molar-refractivity contribution < 1.29 is 9.31 Å². The van der Waals surface area contributed by atoms with Crippen LogP contribution in [0, 0.1) is 10.1 Å². The lowest BCUT2D eigenvalue weighted by molar-refractivity contribution is -0.536. The van der Waals surface area contributed by atoms with Crippen LogP contribution in [0.4, 0.5) is 4.39 Å². The Morgan fingerprint density at radius 1 is 1.78 bits per heavy atom. The van der Waals surface area contributed by atoms with E-state index < -0.39 is 17.3 Å². The van der Waals surface area contributed by atoms with Crippen LogP contribution in [0.1, 0.15) is 6.92 Å². The van der Waals surface area contributed by atoms with Crippen LogP contribution in [-0.4, -0.2) is 24.3 Å². The van der Waals surface area contributed by atoms with E-state index in [1.165, 1.54) is 7.05 Å². The number of nitro groups is 1. The van der Waals surface area contributed by atoms with E-state index in [-0.39, 0.29) is 0 Å². The van der Waals surface area contributed by atoms with Gasteiger partial charge < -0.3 is 0 Å². The zero-order chi connectivity index (χ0) is 7.44. The summed E-state index contributed by atoms with van der Waals surface area (Å²) >= 11 is 0. The molecule has 4 nitrogen and oxygen atoms in total. The van der Waals surface area contributed by atoms with Gasteiger partial charge in [0.05, 0.1) is 0 Å². The fraction of sp³-hybridized carbons (Fsp3) is 1.00. The van der Waals surface area contributed by atoms with Crippen molar-refractivity contribution in [1.29, 1.82) is 0 Å². The van der Waals surface area contributed by atoms with Crippen molar-refractivity contribution in [2.75, 3.05) is 7.05 Å². The van der Waals surface area contributed by atoms with Gasteiger partial charge in [0.1, 0.15) is 0 Å². The van der Waals surface area contributed by atoms with Gasteiger partial charge in [-0.15, -0.1) is 0 Å². The molecule has 0 rings (SSSR count). The molecule has 5 heteroatoms. The summed E-state index contributed by atoms with van der Waals surface area (Å²) in [5.41, 5.74) is 0. The molecule has 0 aliphatic rings. The summed E-state index contributed by atoms with van der Waals surface area (Å²) in [5.74, 6) is 0. The van der Waals surface area contributed by atoms with Gasteiger partial charge in [0.15, 0.2) is 6.17 Å². The SMILES string of the molecule is CNC([C@@H](C)F)[N+](=O)[O-]. The quantitative estimate of drug-likeness (QED) is 0.341. The molecule has 1 unspecified atom stereocenters. The first-order valence-corrected chi connectivity index (χ1v) is 2.54. The topological polar surface area (TPSA) is 55.2 Å². The highest BCUT2D eigenvalue weighted by Gasteiger charge is 2.24. The molecule has 0 radical (unpaired) electrons. The highest BCUT2D eigenvalue weighted by Crippen LogP contribution is 1.96. The smallest absolute Gasteiger partial charge is 0.263 e. The molecular weight excluding hydrogens is 127 g/mol. The molecule has 0 spiro atoms. The zero-order valence-electron chi connectivity index (χ0n) is 5.30. The maximum atomic E-state index is 12.1. The van der Waals surface area contributed by atoms with Gasteiger partial charge in [0.25, 0.3) is 6.17 Å². The van der Waals surface area contributed by atoms with Gasteiger partial charge in [-0.25, -0.2) is 4.39 Å².